The molecule has 2 N–H and O–H groups in total. The molecule has 2 atom stereocenters. The molecule has 0 radical (unpaired) electrons. The molecule has 62 valence electrons. The van der Waals surface area contributed by atoms with E-state index in [1.54, 1.807) is 0 Å². The van der Waals surface area contributed by atoms with Crippen molar-refractivity contribution in [3.05, 3.63) is 0 Å². The predicted molar refractivity (Wildman–Crippen MR) is 46.9 cm³/mol. The minimum absolute atomic E-state index is 0.405. The zero-order chi connectivity index (χ0) is 8.15. The average molecular weight is 143 g/mol. The second-order valence-corrected chi connectivity index (χ2v) is 3.68. The molecule has 0 aliphatic carbocycles. The first-order valence-corrected chi connectivity index (χ1v) is 4.33. The van der Waals surface area contributed by atoms with Crippen LogP contribution in [0.15, 0.2) is 0 Å². The molecular formula is C9H21N. The summed E-state index contributed by atoms with van der Waals surface area (Å²) in [7, 11) is 0. The van der Waals surface area contributed by atoms with E-state index in [1.807, 2.05) is 0 Å². The summed E-state index contributed by atoms with van der Waals surface area (Å²) in [4.78, 5) is 0. The van der Waals surface area contributed by atoms with Gasteiger partial charge in [-0.1, -0.05) is 27.7 Å². The zero-order valence-electron chi connectivity index (χ0n) is 7.72. The minimum Gasteiger partial charge on any atom is -0.327 e. The van der Waals surface area contributed by atoms with Crippen LogP contribution in [0.4, 0.5) is 0 Å². The maximum Gasteiger partial charge on any atom is 0.00620 e. The topological polar surface area (TPSA) is 26.0 Å². The standard InChI is InChI=1S/C9H21N/c1-5-9(10)8(4)6-7(2)3/h7-9H,5-6,10H2,1-4H3. The van der Waals surface area contributed by atoms with Crippen LogP contribution in [0.1, 0.15) is 40.5 Å². The molecule has 0 spiro atoms. The van der Waals surface area contributed by atoms with E-state index >= 15 is 0 Å². The van der Waals surface area contributed by atoms with Crippen molar-refractivity contribution in [3.63, 3.8) is 0 Å². The van der Waals surface area contributed by atoms with Crippen molar-refractivity contribution < 1.29 is 0 Å². The van der Waals surface area contributed by atoms with E-state index < -0.39 is 0 Å². The average Bonchev–Trinajstić information content (AvgIpc) is 1.85. The van der Waals surface area contributed by atoms with E-state index in [0.717, 1.165) is 12.3 Å². The highest BCUT2D eigenvalue weighted by molar-refractivity contribution is 4.68. The Morgan fingerprint density at radius 3 is 2.00 bits per heavy atom. The van der Waals surface area contributed by atoms with Gasteiger partial charge < -0.3 is 5.73 Å². The van der Waals surface area contributed by atoms with E-state index in [2.05, 4.69) is 27.7 Å². The van der Waals surface area contributed by atoms with Crippen molar-refractivity contribution in [2.45, 2.75) is 46.6 Å². The van der Waals surface area contributed by atoms with Gasteiger partial charge in [0.25, 0.3) is 0 Å². The Morgan fingerprint density at radius 1 is 1.20 bits per heavy atom. The first-order valence-electron chi connectivity index (χ1n) is 4.33. The maximum absolute atomic E-state index is 5.86. The Bertz CT molecular complexity index is 78.8. The second kappa shape index (κ2) is 4.73. The van der Waals surface area contributed by atoms with Crippen molar-refractivity contribution in [1.29, 1.82) is 0 Å². The molecule has 2 unspecified atom stereocenters. The van der Waals surface area contributed by atoms with E-state index in [1.165, 1.54) is 6.42 Å². The predicted octanol–water partition coefficient (Wildman–Crippen LogP) is 2.41. The first-order chi connectivity index (χ1) is 4.57. The fourth-order valence-electron chi connectivity index (χ4n) is 1.32. The first kappa shape index (κ1) is 9.96. The van der Waals surface area contributed by atoms with Gasteiger partial charge in [0.15, 0.2) is 0 Å². The van der Waals surface area contributed by atoms with Crippen molar-refractivity contribution in [1.82, 2.24) is 0 Å². The van der Waals surface area contributed by atoms with Crippen LogP contribution < -0.4 is 5.73 Å². The fourth-order valence-corrected chi connectivity index (χ4v) is 1.32. The SMILES string of the molecule is CCC(N)C(C)CC(C)C. The maximum atomic E-state index is 5.86. The van der Waals surface area contributed by atoms with Gasteiger partial charge in [0.05, 0.1) is 0 Å². The summed E-state index contributed by atoms with van der Waals surface area (Å²) in [5, 5.41) is 0. The Morgan fingerprint density at radius 2 is 1.70 bits per heavy atom. The van der Waals surface area contributed by atoms with Gasteiger partial charge in [0.1, 0.15) is 0 Å². The summed E-state index contributed by atoms with van der Waals surface area (Å²) in [6.07, 6.45) is 2.36. The van der Waals surface area contributed by atoms with Gasteiger partial charge in [-0.25, -0.2) is 0 Å². The molecule has 0 aliphatic heterocycles. The summed E-state index contributed by atoms with van der Waals surface area (Å²) in [5.74, 6) is 1.47. The second-order valence-electron chi connectivity index (χ2n) is 3.68. The van der Waals surface area contributed by atoms with Crippen LogP contribution >= 0.6 is 0 Å². The lowest BCUT2D eigenvalue weighted by Crippen LogP contribution is -2.28. The Kier molecular flexibility index (Phi) is 4.71. The highest BCUT2D eigenvalue weighted by atomic mass is 14.6. The van der Waals surface area contributed by atoms with Crippen molar-refractivity contribution in [2.75, 3.05) is 0 Å². The normalized spacial score (nSPS) is 17.4. The number of hydrogen-bond acceptors (Lipinski definition) is 1. The molecule has 0 rings (SSSR count). The van der Waals surface area contributed by atoms with Crippen LogP contribution in [0.25, 0.3) is 0 Å². The van der Waals surface area contributed by atoms with E-state index in [9.17, 15) is 0 Å². The van der Waals surface area contributed by atoms with Gasteiger partial charge in [0.2, 0.25) is 0 Å². The van der Waals surface area contributed by atoms with Gasteiger partial charge in [-0.15, -0.1) is 0 Å². The summed E-state index contributed by atoms with van der Waals surface area (Å²) in [6, 6.07) is 0.405. The number of rotatable bonds is 4. The molecule has 0 bridgehead atoms. The zero-order valence-corrected chi connectivity index (χ0v) is 7.72. The van der Waals surface area contributed by atoms with Gasteiger partial charge >= 0.3 is 0 Å². The van der Waals surface area contributed by atoms with E-state index in [4.69, 9.17) is 5.73 Å². The minimum atomic E-state index is 0.405. The third-order valence-electron chi connectivity index (χ3n) is 2.05. The van der Waals surface area contributed by atoms with Crippen LogP contribution in [-0.4, -0.2) is 6.04 Å². The van der Waals surface area contributed by atoms with Gasteiger partial charge in [-0.3, -0.25) is 0 Å². The molecule has 0 saturated heterocycles. The van der Waals surface area contributed by atoms with Gasteiger partial charge in [-0.05, 0) is 24.7 Å². The molecule has 0 heterocycles. The van der Waals surface area contributed by atoms with Crippen LogP contribution in [0, 0.1) is 11.8 Å². The van der Waals surface area contributed by atoms with Crippen molar-refractivity contribution >= 4 is 0 Å². The fraction of sp³-hybridized carbons (Fsp3) is 1.00. The van der Waals surface area contributed by atoms with E-state index in [0.29, 0.717) is 12.0 Å². The molecule has 1 heteroatoms. The molecule has 10 heavy (non-hydrogen) atoms. The number of nitrogens with two attached hydrogens (primary N) is 1. The smallest absolute Gasteiger partial charge is 0.00620 e. The van der Waals surface area contributed by atoms with Crippen LogP contribution in [0.5, 0.6) is 0 Å². The Balaban J connectivity index is 3.50. The van der Waals surface area contributed by atoms with Gasteiger partial charge in [-0.2, -0.15) is 0 Å². The lowest BCUT2D eigenvalue weighted by atomic mass is 9.91. The van der Waals surface area contributed by atoms with Crippen molar-refractivity contribution in [2.24, 2.45) is 17.6 Å². The largest absolute Gasteiger partial charge is 0.327 e. The lowest BCUT2D eigenvalue weighted by Gasteiger charge is -2.19. The summed E-state index contributed by atoms with van der Waals surface area (Å²) in [6.45, 7) is 8.90. The molecule has 1 nitrogen and oxygen atoms in total. The summed E-state index contributed by atoms with van der Waals surface area (Å²) in [5.41, 5.74) is 5.86. The highest BCUT2D eigenvalue weighted by Gasteiger charge is 2.11. The molecule has 0 saturated carbocycles. The monoisotopic (exact) mass is 143 g/mol. The molecule has 0 aromatic heterocycles. The molecule has 0 amide bonds. The van der Waals surface area contributed by atoms with Gasteiger partial charge in [0, 0.05) is 6.04 Å². The van der Waals surface area contributed by atoms with Crippen LogP contribution in [-0.2, 0) is 0 Å². The third kappa shape index (κ3) is 3.89. The highest BCUT2D eigenvalue weighted by Crippen LogP contribution is 2.14. The lowest BCUT2D eigenvalue weighted by molar-refractivity contribution is 0.365. The quantitative estimate of drug-likeness (QED) is 0.642. The summed E-state index contributed by atoms with van der Waals surface area (Å²) >= 11 is 0. The molecule has 0 aromatic rings. The molecular weight excluding hydrogens is 122 g/mol. The Labute approximate surface area is 65.0 Å². The molecule has 0 aromatic carbocycles. The number of hydrogen-bond donors (Lipinski definition) is 1. The van der Waals surface area contributed by atoms with Crippen molar-refractivity contribution in [3.8, 4) is 0 Å². The van der Waals surface area contributed by atoms with Crippen LogP contribution in [0.3, 0.4) is 0 Å². The summed E-state index contributed by atoms with van der Waals surface area (Å²) < 4.78 is 0. The van der Waals surface area contributed by atoms with E-state index in [-0.39, 0.29) is 0 Å². The van der Waals surface area contributed by atoms with Crippen LogP contribution in [0.2, 0.25) is 0 Å². The third-order valence-corrected chi connectivity index (χ3v) is 2.05. The Hall–Kier alpha value is -0.0400. The molecule has 0 aliphatic rings. The molecule has 0 fully saturated rings.